The molecule has 1 unspecified atom stereocenters. The summed E-state index contributed by atoms with van der Waals surface area (Å²) in [5.74, 6) is -3.37. The Morgan fingerprint density at radius 2 is 1.97 bits per heavy atom. The molecule has 0 saturated heterocycles. The molecule has 12 heteroatoms. The van der Waals surface area contributed by atoms with E-state index in [1.54, 1.807) is 6.07 Å². The number of nitrogens with one attached hydrogen (secondary N) is 1. The Morgan fingerprint density at radius 1 is 1.25 bits per heavy atom. The molecule has 7 nitrogen and oxygen atoms in total. The summed E-state index contributed by atoms with van der Waals surface area (Å²) >= 11 is 1.90. The Kier molecular flexibility index (Phi) is 6.15. The van der Waals surface area contributed by atoms with Gasteiger partial charge in [-0.25, -0.2) is 26.6 Å². The number of benzene rings is 2. The Morgan fingerprint density at radius 3 is 2.59 bits per heavy atom. The number of halogens is 4. The summed E-state index contributed by atoms with van der Waals surface area (Å²) in [4.78, 5) is 3.62. The van der Waals surface area contributed by atoms with Gasteiger partial charge in [0.15, 0.2) is 23.6 Å². The Labute approximate surface area is 194 Å². The number of sulfonamides is 1. The van der Waals surface area contributed by atoms with Crippen LogP contribution in [-0.4, -0.2) is 41.1 Å². The quantitative estimate of drug-likeness (QED) is 0.351. The van der Waals surface area contributed by atoms with E-state index in [9.17, 15) is 22.3 Å². The average Bonchev–Trinajstić information content (AvgIpc) is 3.36. The van der Waals surface area contributed by atoms with Crippen LogP contribution in [0.25, 0.3) is 11.1 Å². The van der Waals surface area contributed by atoms with Crippen LogP contribution in [0.5, 0.6) is 0 Å². The molecule has 0 radical (unpaired) electrons. The number of anilines is 1. The fourth-order valence-corrected chi connectivity index (χ4v) is 5.86. The zero-order chi connectivity index (χ0) is 23.3. The van der Waals surface area contributed by atoms with Gasteiger partial charge >= 0.3 is 0 Å². The van der Waals surface area contributed by atoms with E-state index < -0.39 is 62.4 Å². The van der Waals surface area contributed by atoms with Crippen molar-refractivity contribution in [3.63, 3.8) is 0 Å². The molecule has 1 aliphatic carbocycles. The largest absolute Gasteiger partial charge is 0.441 e. The lowest BCUT2D eigenvalue weighted by atomic mass is 10.0. The van der Waals surface area contributed by atoms with Crippen molar-refractivity contribution in [1.82, 2.24) is 4.98 Å². The van der Waals surface area contributed by atoms with Gasteiger partial charge in [-0.05, 0) is 59.5 Å². The van der Waals surface area contributed by atoms with E-state index in [2.05, 4.69) is 9.71 Å². The van der Waals surface area contributed by atoms with Gasteiger partial charge in [-0.3, -0.25) is 4.72 Å². The number of aromatic nitrogens is 1. The van der Waals surface area contributed by atoms with Crippen LogP contribution < -0.4 is 4.72 Å². The second kappa shape index (κ2) is 8.47. The number of oxazole rings is 1. The molecule has 1 atom stereocenters. The van der Waals surface area contributed by atoms with Gasteiger partial charge in [0, 0.05) is 15.6 Å². The highest BCUT2D eigenvalue weighted by Crippen LogP contribution is 2.48. The lowest BCUT2D eigenvalue weighted by molar-refractivity contribution is 0.0858. The van der Waals surface area contributed by atoms with Crippen molar-refractivity contribution in [3.8, 4) is 0 Å². The van der Waals surface area contributed by atoms with E-state index in [0.717, 1.165) is 6.39 Å². The zero-order valence-electron chi connectivity index (χ0n) is 16.4. The predicted molar refractivity (Wildman–Crippen MR) is 118 cm³/mol. The van der Waals surface area contributed by atoms with E-state index in [1.165, 1.54) is 12.1 Å². The van der Waals surface area contributed by atoms with E-state index >= 15 is 4.39 Å². The summed E-state index contributed by atoms with van der Waals surface area (Å²) in [5, 5.41) is 18.9. The van der Waals surface area contributed by atoms with Crippen molar-refractivity contribution in [2.75, 3.05) is 11.3 Å². The van der Waals surface area contributed by atoms with Gasteiger partial charge in [0.2, 0.25) is 10.0 Å². The highest BCUT2D eigenvalue weighted by Gasteiger charge is 2.55. The third kappa shape index (κ3) is 4.08. The molecule has 1 heterocycles. The smallest absolute Gasteiger partial charge is 0.238 e. The fourth-order valence-electron chi connectivity index (χ4n) is 3.65. The van der Waals surface area contributed by atoms with Crippen LogP contribution >= 0.6 is 22.6 Å². The number of hydrogen-bond acceptors (Lipinski definition) is 6. The summed E-state index contributed by atoms with van der Waals surface area (Å²) in [5.41, 5.74) is -1.62. The standard InChI is InChI=1S/C20H18F3IN2O5S/c21-14-6-11(24)2-1-10(14)5-13-15(22)16(23)18-19(31-9-25-18)17(13)26-32(29,30)20(3-4-20)7-12(28)8-27/h1-2,6,9,12,26-28H,3-5,7-8H2. The molecular formula is C20H18F3IN2O5S. The van der Waals surface area contributed by atoms with Crippen molar-refractivity contribution in [2.45, 2.75) is 36.5 Å². The van der Waals surface area contributed by atoms with Crippen molar-refractivity contribution in [3.05, 3.63) is 56.7 Å². The van der Waals surface area contributed by atoms with Gasteiger partial charge in [-0.1, -0.05) is 6.07 Å². The van der Waals surface area contributed by atoms with E-state index in [1.807, 2.05) is 22.6 Å². The van der Waals surface area contributed by atoms with Crippen LogP contribution in [-0.2, 0) is 16.4 Å². The van der Waals surface area contributed by atoms with Gasteiger partial charge in [-0.15, -0.1) is 0 Å². The molecule has 2 aromatic carbocycles. The summed E-state index contributed by atoms with van der Waals surface area (Å²) < 4.78 is 77.0. The molecule has 3 N–H and O–H groups in total. The molecule has 32 heavy (non-hydrogen) atoms. The first kappa shape index (κ1) is 23.3. The first-order chi connectivity index (χ1) is 15.1. The zero-order valence-corrected chi connectivity index (χ0v) is 19.4. The van der Waals surface area contributed by atoms with Gasteiger partial charge < -0.3 is 14.6 Å². The number of rotatable bonds is 8. The fraction of sp³-hybridized carbons (Fsp3) is 0.350. The molecule has 3 aromatic rings. The Balaban J connectivity index is 1.82. The molecule has 0 amide bonds. The molecule has 1 fully saturated rings. The van der Waals surface area contributed by atoms with E-state index in [0.29, 0.717) is 3.57 Å². The minimum atomic E-state index is -4.23. The minimum Gasteiger partial charge on any atom is -0.441 e. The number of hydrogen-bond donors (Lipinski definition) is 3. The molecule has 4 rings (SSSR count). The highest BCUT2D eigenvalue weighted by molar-refractivity contribution is 14.1. The summed E-state index contributed by atoms with van der Waals surface area (Å²) in [6, 6.07) is 4.20. The number of aliphatic hydroxyl groups excluding tert-OH is 2. The molecule has 1 aromatic heterocycles. The van der Waals surface area contributed by atoms with E-state index in [-0.39, 0.29) is 36.1 Å². The Bertz CT molecular complexity index is 1290. The number of aliphatic hydroxyl groups is 2. The summed E-state index contributed by atoms with van der Waals surface area (Å²) in [7, 11) is -4.23. The molecule has 0 spiro atoms. The summed E-state index contributed by atoms with van der Waals surface area (Å²) in [6.45, 7) is -0.619. The Hall–Kier alpha value is -1.90. The average molecular weight is 582 g/mol. The van der Waals surface area contributed by atoms with Gasteiger partial charge in [0.1, 0.15) is 17.0 Å². The lowest BCUT2D eigenvalue weighted by Gasteiger charge is -2.21. The van der Waals surface area contributed by atoms with Crippen LogP contribution in [0.2, 0.25) is 0 Å². The molecule has 0 aliphatic heterocycles. The first-order valence-corrected chi connectivity index (χ1v) is 12.1. The predicted octanol–water partition coefficient (Wildman–Crippen LogP) is 3.46. The SMILES string of the molecule is O=S(=O)(Nc1c(Cc2ccc(I)cc2F)c(F)c(F)c2ncoc12)C1(CC(O)CO)CC1. The minimum absolute atomic E-state index is 0.0277. The molecule has 1 aliphatic rings. The maximum Gasteiger partial charge on any atom is 0.238 e. The maximum atomic E-state index is 15.0. The summed E-state index contributed by atoms with van der Waals surface area (Å²) in [6.07, 6.45) is -0.671. The van der Waals surface area contributed by atoms with Crippen molar-refractivity contribution >= 4 is 49.4 Å². The second-order valence-electron chi connectivity index (χ2n) is 7.75. The van der Waals surface area contributed by atoms with Crippen molar-refractivity contribution in [1.29, 1.82) is 0 Å². The van der Waals surface area contributed by atoms with Crippen molar-refractivity contribution in [2.24, 2.45) is 0 Å². The van der Waals surface area contributed by atoms with Crippen molar-refractivity contribution < 1.29 is 36.2 Å². The van der Waals surface area contributed by atoms with E-state index in [4.69, 9.17) is 9.52 Å². The first-order valence-electron chi connectivity index (χ1n) is 9.57. The van der Waals surface area contributed by atoms with Crippen LogP contribution in [0.1, 0.15) is 30.4 Å². The molecule has 172 valence electrons. The van der Waals surface area contributed by atoms with Gasteiger partial charge in [0.05, 0.1) is 17.5 Å². The van der Waals surface area contributed by atoms with Crippen LogP contribution in [0, 0.1) is 21.0 Å². The van der Waals surface area contributed by atoms with Gasteiger partial charge in [0.25, 0.3) is 0 Å². The van der Waals surface area contributed by atoms with Crippen LogP contribution in [0.3, 0.4) is 0 Å². The number of nitrogens with zero attached hydrogens (tertiary/aromatic N) is 1. The third-order valence-electron chi connectivity index (χ3n) is 5.58. The third-order valence-corrected chi connectivity index (χ3v) is 8.44. The second-order valence-corrected chi connectivity index (χ2v) is 11.1. The lowest BCUT2D eigenvalue weighted by Crippen LogP contribution is -2.34. The topological polar surface area (TPSA) is 113 Å². The van der Waals surface area contributed by atoms with Gasteiger partial charge in [-0.2, -0.15) is 0 Å². The number of fused-ring (bicyclic) bond motifs is 1. The molecule has 1 saturated carbocycles. The monoisotopic (exact) mass is 582 g/mol. The van der Waals surface area contributed by atoms with Crippen LogP contribution in [0.15, 0.2) is 29.0 Å². The molecule has 0 bridgehead atoms. The highest BCUT2D eigenvalue weighted by atomic mass is 127. The van der Waals surface area contributed by atoms with Crippen LogP contribution in [0.4, 0.5) is 18.9 Å². The molecular weight excluding hydrogens is 564 g/mol. The normalized spacial score (nSPS) is 16.3. The maximum absolute atomic E-state index is 15.0.